The number of nitrogens with one attached hydrogen (secondary N) is 1. The lowest BCUT2D eigenvalue weighted by atomic mass is 10.1. The molecule has 0 bridgehead atoms. The van der Waals surface area contributed by atoms with Crippen molar-refractivity contribution in [2.24, 2.45) is 0 Å². The summed E-state index contributed by atoms with van der Waals surface area (Å²) in [6.45, 7) is 3.89. The number of hydrogen-bond donors (Lipinski definition) is 2. The van der Waals surface area contributed by atoms with Gasteiger partial charge in [-0.15, -0.1) is 0 Å². The van der Waals surface area contributed by atoms with Crippen LogP contribution in [0.1, 0.15) is 31.9 Å². The van der Waals surface area contributed by atoms with Crippen molar-refractivity contribution < 1.29 is 14.7 Å². The lowest BCUT2D eigenvalue weighted by Gasteiger charge is -2.27. The Morgan fingerprint density at radius 3 is 2.43 bits per heavy atom. The maximum Gasteiger partial charge on any atom is 0.330 e. The van der Waals surface area contributed by atoms with Gasteiger partial charge in [-0.1, -0.05) is 30.3 Å². The molecule has 0 aromatic heterocycles. The van der Waals surface area contributed by atoms with E-state index in [0.717, 1.165) is 0 Å². The zero-order valence-corrected chi connectivity index (χ0v) is 12.1. The summed E-state index contributed by atoms with van der Waals surface area (Å²) in [5.74, 6) is -1.13. The Morgan fingerprint density at radius 2 is 1.95 bits per heavy atom. The number of carbonyl (C=O) groups is 2. The molecule has 0 radical (unpaired) electrons. The Kier molecular flexibility index (Phi) is 6.21. The summed E-state index contributed by atoms with van der Waals surface area (Å²) < 4.78 is 0. The van der Waals surface area contributed by atoms with Crippen molar-refractivity contribution in [3.8, 4) is 6.07 Å². The molecule has 2 N–H and O–H groups in total. The summed E-state index contributed by atoms with van der Waals surface area (Å²) in [6.07, 6.45) is 0.203. The summed E-state index contributed by atoms with van der Waals surface area (Å²) in [5, 5.41) is 20.4. The van der Waals surface area contributed by atoms with E-state index in [1.165, 1.54) is 4.90 Å². The molecular formula is C15H19N3O3. The number of carboxylic acids is 1. The van der Waals surface area contributed by atoms with E-state index in [9.17, 15) is 14.7 Å². The highest BCUT2D eigenvalue weighted by molar-refractivity contribution is 5.83. The second-order valence-electron chi connectivity index (χ2n) is 4.83. The summed E-state index contributed by atoms with van der Waals surface area (Å²) >= 11 is 0. The van der Waals surface area contributed by atoms with Crippen molar-refractivity contribution in [2.75, 3.05) is 6.54 Å². The van der Waals surface area contributed by atoms with Gasteiger partial charge in [0, 0.05) is 12.6 Å². The molecule has 1 rings (SSSR count). The lowest BCUT2D eigenvalue weighted by molar-refractivity contribution is -0.139. The number of rotatable bonds is 6. The van der Waals surface area contributed by atoms with Gasteiger partial charge in [-0.2, -0.15) is 5.26 Å². The van der Waals surface area contributed by atoms with Gasteiger partial charge in [0.2, 0.25) is 0 Å². The molecule has 0 saturated heterocycles. The molecule has 0 unspecified atom stereocenters. The van der Waals surface area contributed by atoms with Crippen LogP contribution < -0.4 is 5.32 Å². The van der Waals surface area contributed by atoms with E-state index in [4.69, 9.17) is 5.26 Å². The fourth-order valence-electron chi connectivity index (χ4n) is 1.90. The Morgan fingerprint density at radius 1 is 1.33 bits per heavy atom. The number of nitrogens with zero attached hydrogens (tertiary/aromatic N) is 2. The van der Waals surface area contributed by atoms with Crippen LogP contribution in [-0.4, -0.2) is 34.6 Å². The number of nitriles is 1. The van der Waals surface area contributed by atoms with E-state index in [-0.39, 0.29) is 19.0 Å². The second kappa shape index (κ2) is 7.90. The number of carboxylic acid groups (broad SMARTS) is 1. The van der Waals surface area contributed by atoms with Crippen LogP contribution in [0.4, 0.5) is 4.79 Å². The van der Waals surface area contributed by atoms with Crippen LogP contribution >= 0.6 is 0 Å². The first kappa shape index (κ1) is 16.5. The number of carbonyl (C=O) groups excluding carboxylic acids is 1. The number of hydrogen-bond acceptors (Lipinski definition) is 3. The Hall–Kier alpha value is -2.55. The minimum absolute atomic E-state index is 0.122. The van der Waals surface area contributed by atoms with Crippen LogP contribution in [0.5, 0.6) is 0 Å². The Bertz CT molecular complexity index is 523. The van der Waals surface area contributed by atoms with Gasteiger partial charge < -0.3 is 15.3 Å². The third kappa shape index (κ3) is 4.80. The fourth-order valence-corrected chi connectivity index (χ4v) is 1.90. The quantitative estimate of drug-likeness (QED) is 0.839. The van der Waals surface area contributed by atoms with Crippen molar-refractivity contribution in [1.29, 1.82) is 5.26 Å². The third-order valence-corrected chi connectivity index (χ3v) is 3.00. The van der Waals surface area contributed by atoms with Gasteiger partial charge in [-0.25, -0.2) is 9.59 Å². The largest absolute Gasteiger partial charge is 0.479 e. The Labute approximate surface area is 124 Å². The molecule has 112 valence electrons. The molecule has 0 heterocycles. The molecule has 0 fully saturated rings. The predicted octanol–water partition coefficient (Wildman–Crippen LogP) is 2.15. The van der Waals surface area contributed by atoms with Crippen LogP contribution in [0, 0.1) is 11.3 Å². The highest BCUT2D eigenvalue weighted by atomic mass is 16.4. The molecule has 0 aliphatic carbocycles. The highest BCUT2D eigenvalue weighted by Gasteiger charge is 2.25. The minimum atomic E-state index is -1.13. The SMILES string of the molecule is CC(C)N(CCC#N)C(=O)N[C@@H](C(=O)O)c1ccccc1. The first-order chi connectivity index (χ1) is 9.97. The maximum atomic E-state index is 12.2. The fraction of sp³-hybridized carbons (Fsp3) is 0.400. The average Bonchev–Trinajstić information content (AvgIpc) is 2.45. The van der Waals surface area contributed by atoms with E-state index in [1.807, 2.05) is 19.9 Å². The van der Waals surface area contributed by atoms with Gasteiger partial charge in [0.25, 0.3) is 0 Å². The second-order valence-corrected chi connectivity index (χ2v) is 4.83. The van der Waals surface area contributed by atoms with Crippen molar-refractivity contribution in [3.05, 3.63) is 35.9 Å². The molecule has 6 heteroatoms. The van der Waals surface area contributed by atoms with E-state index in [0.29, 0.717) is 5.56 Å². The molecule has 0 aliphatic rings. The van der Waals surface area contributed by atoms with Gasteiger partial charge in [0.1, 0.15) is 0 Å². The molecule has 0 saturated carbocycles. The number of benzene rings is 1. The standard InChI is InChI=1S/C15H19N3O3/c1-11(2)18(10-6-9-16)15(21)17-13(14(19)20)12-7-4-3-5-8-12/h3-5,7-8,11,13H,6,10H2,1-2H3,(H,17,21)(H,19,20)/t13-/m1/s1. The number of urea groups is 1. The van der Waals surface area contributed by atoms with Gasteiger partial charge in [0.15, 0.2) is 6.04 Å². The van der Waals surface area contributed by atoms with Crippen LogP contribution in [0.25, 0.3) is 0 Å². The third-order valence-electron chi connectivity index (χ3n) is 3.00. The summed E-state index contributed by atoms with van der Waals surface area (Å²) in [7, 11) is 0. The van der Waals surface area contributed by atoms with E-state index in [2.05, 4.69) is 5.32 Å². The number of aliphatic carboxylic acids is 1. The lowest BCUT2D eigenvalue weighted by Crippen LogP contribution is -2.47. The maximum absolute atomic E-state index is 12.2. The van der Waals surface area contributed by atoms with E-state index < -0.39 is 18.0 Å². The molecule has 0 aliphatic heterocycles. The van der Waals surface area contributed by atoms with Gasteiger partial charge in [-0.05, 0) is 19.4 Å². The average molecular weight is 289 g/mol. The molecular weight excluding hydrogens is 270 g/mol. The minimum Gasteiger partial charge on any atom is -0.479 e. The van der Waals surface area contributed by atoms with Gasteiger partial charge in [0.05, 0.1) is 12.5 Å². The normalized spacial score (nSPS) is 11.5. The van der Waals surface area contributed by atoms with Crippen LogP contribution in [0.15, 0.2) is 30.3 Å². The molecule has 2 amide bonds. The van der Waals surface area contributed by atoms with Crippen LogP contribution in [0.2, 0.25) is 0 Å². The number of amides is 2. The highest BCUT2D eigenvalue weighted by Crippen LogP contribution is 2.14. The summed E-state index contributed by atoms with van der Waals surface area (Å²) in [4.78, 5) is 25.0. The molecule has 1 aromatic carbocycles. The topological polar surface area (TPSA) is 93.4 Å². The first-order valence-corrected chi connectivity index (χ1v) is 6.69. The van der Waals surface area contributed by atoms with Crippen molar-refractivity contribution in [1.82, 2.24) is 10.2 Å². The predicted molar refractivity (Wildman–Crippen MR) is 77.4 cm³/mol. The zero-order valence-electron chi connectivity index (χ0n) is 12.1. The molecule has 1 aromatic rings. The van der Waals surface area contributed by atoms with Gasteiger partial charge in [-0.3, -0.25) is 0 Å². The van der Waals surface area contributed by atoms with Crippen LogP contribution in [0.3, 0.4) is 0 Å². The first-order valence-electron chi connectivity index (χ1n) is 6.69. The summed E-state index contributed by atoms with van der Waals surface area (Å²) in [5.41, 5.74) is 0.502. The molecule has 0 spiro atoms. The zero-order chi connectivity index (χ0) is 15.8. The van der Waals surface area contributed by atoms with Crippen molar-refractivity contribution >= 4 is 12.0 Å². The monoisotopic (exact) mass is 289 g/mol. The van der Waals surface area contributed by atoms with Crippen molar-refractivity contribution in [3.63, 3.8) is 0 Å². The van der Waals surface area contributed by atoms with Crippen molar-refractivity contribution in [2.45, 2.75) is 32.4 Å². The van der Waals surface area contributed by atoms with E-state index in [1.54, 1.807) is 30.3 Å². The summed E-state index contributed by atoms with van der Waals surface area (Å²) in [6, 6.07) is 8.76. The van der Waals surface area contributed by atoms with E-state index >= 15 is 0 Å². The molecule has 21 heavy (non-hydrogen) atoms. The smallest absolute Gasteiger partial charge is 0.330 e. The van der Waals surface area contributed by atoms with Gasteiger partial charge >= 0.3 is 12.0 Å². The van der Waals surface area contributed by atoms with Crippen LogP contribution in [-0.2, 0) is 4.79 Å². The molecule has 6 nitrogen and oxygen atoms in total. The molecule has 1 atom stereocenters. The Balaban J connectivity index is 2.86.